The predicted octanol–water partition coefficient (Wildman–Crippen LogP) is 4.54. The Bertz CT molecular complexity index is 912. The molecule has 0 saturated heterocycles. The number of nitrogens with zero attached hydrogens (tertiary/aromatic N) is 2. The minimum Gasteiger partial charge on any atom is -0.452 e. The van der Waals surface area contributed by atoms with Crippen LogP contribution in [0.4, 0.5) is 10.1 Å². The minimum absolute atomic E-state index is 0.0876. The molecule has 0 N–H and O–H groups in total. The first-order chi connectivity index (χ1) is 12.8. The van der Waals surface area contributed by atoms with Crippen LogP contribution in [0.3, 0.4) is 0 Å². The highest BCUT2D eigenvalue weighted by molar-refractivity contribution is 6.31. The fourth-order valence-electron chi connectivity index (χ4n) is 2.29. The molecular formula is C19H15Cl2FN2O3. The highest BCUT2D eigenvalue weighted by atomic mass is 35.5. The van der Waals surface area contributed by atoms with E-state index >= 15 is 0 Å². The van der Waals surface area contributed by atoms with E-state index in [9.17, 15) is 14.0 Å². The van der Waals surface area contributed by atoms with Gasteiger partial charge in [0, 0.05) is 22.3 Å². The second-order valence-electron chi connectivity index (χ2n) is 5.59. The molecule has 8 heteroatoms. The van der Waals surface area contributed by atoms with E-state index in [2.05, 4.69) is 0 Å². The average Bonchev–Trinajstić information content (AvgIpc) is 2.64. The van der Waals surface area contributed by atoms with Gasteiger partial charge in [-0.3, -0.25) is 4.79 Å². The van der Waals surface area contributed by atoms with Crippen molar-refractivity contribution in [2.75, 3.05) is 18.1 Å². The van der Waals surface area contributed by atoms with Gasteiger partial charge in [0.1, 0.15) is 5.82 Å². The van der Waals surface area contributed by atoms with Gasteiger partial charge in [0.15, 0.2) is 6.61 Å². The van der Waals surface area contributed by atoms with E-state index in [1.54, 1.807) is 25.1 Å². The minimum atomic E-state index is -1.00. The highest BCUT2D eigenvalue weighted by Crippen LogP contribution is 2.23. The van der Waals surface area contributed by atoms with Gasteiger partial charge in [-0.2, -0.15) is 5.26 Å². The molecule has 0 unspecified atom stereocenters. The van der Waals surface area contributed by atoms with Crippen LogP contribution in [0, 0.1) is 24.1 Å². The third-order valence-corrected chi connectivity index (χ3v) is 4.34. The molecule has 5 nitrogen and oxygen atoms in total. The van der Waals surface area contributed by atoms with Gasteiger partial charge < -0.3 is 9.64 Å². The van der Waals surface area contributed by atoms with Crippen LogP contribution in [-0.4, -0.2) is 25.0 Å². The van der Waals surface area contributed by atoms with Crippen molar-refractivity contribution < 1.29 is 18.7 Å². The first-order valence-corrected chi connectivity index (χ1v) is 8.64. The maximum atomic E-state index is 13.7. The number of anilines is 1. The number of hydrogen-bond donors (Lipinski definition) is 0. The van der Waals surface area contributed by atoms with Crippen molar-refractivity contribution in [1.29, 1.82) is 5.26 Å². The fourth-order valence-corrected chi connectivity index (χ4v) is 2.58. The molecule has 1 amide bonds. The molecular weight excluding hydrogens is 394 g/mol. The lowest BCUT2D eigenvalue weighted by atomic mass is 10.2. The number of carbonyl (C=O) groups is 2. The molecule has 0 aliphatic heterocycles. The van der Waals surface area contributed by atoms with Gasteiger partial charge in [-0.25, -0.2) is 9.18 Å². The molecule has 2 aromatic rings. The number of halogens is 3. The summed E-state index contributed by atoms with van der Waals surface area (Å²) in [5.41, 5.74) is 0.908. The SMILES string of the molecule is Cc1cc(N(CCC#N)C(=O)COC(=O)c2cc(Cl)ccc2F)ccc1Cl. The third kappa shape index (κ3) is 5.43. The van der Waals surface area contributed by atoms with Crippen LogP contribution >= 0.6 is 23.2 Å². The van der Waals surface area contributed by atoms with Crippen LogP contribution in [-0.2, 0) is 9.53 Å². The maximum Gasteiger partial charge on any atom is 0.341 e. The summed E-state index contributed by atoms with van der Waals surface area (Å²) in [6, 6.07) is 10.4. The van der Waals surface area contributed by atoms with Gasteiger partial charge in [-0.15, -0.1) is 0 Å². The largest absolute Gasteiger partial charge is 0.452 e. The van der Waals surface area contributed by atoms with E-state index in [1.807, 2.05) is 6.07 Å². The van der Waals surface area contributed by atoms with E-state index in [0.29, 0.717) is 10.7 Å². The van der Waals surface area contributed by atoms with Crippen LogP contribution in [0.1, 0.15) is 22.3 Å². The number of rotatable bonds is 6. The maximum absolute atomic E-state index is 13.7. The van der Waals surface area contributed by atoms with E-state index in [0.717, 1.165) is 17.7 Å². The van der Waals surface area contributed by atoms with E-state index < -0.39 is 24.3 Å². The van der Waals surface area contributed by atoms with Crippen molar-refractivity contribution >= 4 is 40.8 Å². The molecule has 140 valence electrons. The summed E-state index contributed by atoms with van der Waals surface area (Å²) < 4.78 is 18.6. The summed E-state index contributed by atoms with van der Waals surface area (Å²) in [6.07, 6.45) is 0.0876. The van der Waals surface area contributed by atoms with Gasteiger partial charge in [0.2, 0.25) is 0 Å². The summed E-state index contributed by atoms with van der Waals surface area (Å²) in [5, 5.41) is 9.52. The van der Waals surface area contributed by atoms with Crippen molar-refractivity contribution in [3.63, 3.8) is 0 Å². The Hall–Kier alpha value is -2.62. The quantitative estimate of drug-likeness (QED) is 0.657. The lowest BCUT2D eigenvalue weighted by Gasteiger charge is -2.22. The molecule has 2 rings (SSSR count). The first-order valence-electron chi connectivity index (χ1n) is 7.89. The van der Waals surface area contributed by atoms with E-state index in [4.69, 9.17) is 33.2 Å². The number of benzene rings is 2. The molecule has 0 aliphatic rings. The summed E-state index contributed by atoms with van der Waals surface area (Å²) in [7, 11) is 0. The molecule has 27 heavy (non-hydrogen) atoms. The lowest BCUT2D eigenvalue weighted by Crippen LogP contribution is -2.35. The Morgan fingerprint density at radius 1 is 1.22 bits per heavy atom. The third-order valence-electron chi connectivity index (χ3n) is 3.68. The van der Waals surface area contributed by atoms with Crippen molar-refractivity contribution in [2.45, 2.75) is 13.3 Å². The van der Waals surface area contributed by atoms with Crippen LogP contribution in [0.5, 0.6) is 0 Å². The second-order valence-corrected chi connectivity index (χ2v) is 6.43. The van der Waals surface area contributed by atoms with E-state index in [1.165, 1.54) is 11.0 Å². The van der Waals surface area contributed by atoms with Crippen LogP contribution in [0.15, 0.2) is 36.4 Å². The van der Waals surface area contributed by atoms with Crippen molar-refractivity contribution in [3.05, 3.63) is 63.4 Å². The monoisotopic (exact) mass is 408 g/mol. The molecule has 0 aromatic heterocycles. The Balaban J connectivity index is 2.13. The zero-order chi connectivity index (χ0) is 20.0. The van der Waals surface area contributed by atoms with Gasteiger partial charge in [-0.1, -0.05) is 23.2 Å². The standard InChI is InChI=1S/C19H15Cl2FN2O3/c1-12-9-14(4-5-16(12)21)24(8-2-7-23)18(25)11-27-19(26)15-10-13(20)3-6-17(15)22/h3-6,9-10H,2,8,11H2,1H3. The number of ether oxygens (including phenoxy) is 1. The molecule has 0 atom stereocenters. The van der Waals surface area contributed by atoms with Crippen molar-refractivity contribution in [2.24, 2.45) is 0 Å². The Labute approximate surface area is 165 Å². The summed E-state index contributed by atoms with van der Waals surface area (Å²) >= 11 is 11.7. The van der Waals surface area contributed by atoms with Crippen LogP contribution < -0.4 is 4.90 Å². The number of aryl methyl sites for hydroxylation is 1. The zero-order valence-electron chi connectivity index (χ0n) is 14.3. The van der Waals surface area contributed by atoms with Gasteiger partial charge >= 0.3 is 5.97 Å². The average molecular weight is 409 g/mol. The molecule has 0 aliphatic carbocycles. The Morgan fingerprint density at radius 2 is 1.96 bits per heavy atom. The number of hydrogen-bond acceptors (Lipinski definition) is 4. The molecule has 0 fully saturated rings. The lowest BCUT2D eigenvalue weighted by molar-refractivity contribution is -0.121. The normalized spacial score (nSPS) is 10.2. The molecule has 0 spiro atoms. The summed E-state index contributed by atoms with van der Waals surface area (Å²) in [5.74, 6) is -2.36. The Kier molecular flexibility index (Phi) is 7.17. The van der Waals surface area contributed by atoms with Crippen molar-refractivity contribution in [1.82, 2.24) is 0 Å². The summed E-state index contributed by atoms with van der Waals surface area (Å²) in [4.78, 5) is 25.9. The number of carbonyl (C=O) groups excluding carboxylic acids is 2. The number of esters is 1. The Morgan fingerprint density at radius 3 is 2.63 bits per heavy atom. The molecule has 0 radical (unpaired) electrons. The highest BCUT2D eigenvalue weighted by Gasteiger charge is 2.20. The summed E-state index contributed by atoms with van der Waals surface area (Å²) in [6.45, 7) is 1.28. The molecule has 0 saturated carbocycles. The van der Waals surface area contributed by atoms with E-state index in [-0.39, 0.29) is 23.6 Å². The number of nitriles is 1. The second kappa shape index (κ2) is 9.36. The predicted molar refractivity (Wildman–Crippen MR) is 100 cm³/mol. The zero-order valence-corrected chi connectivity index (χ0v) is 15.9. The fraction of sp³-hybridized carbons (Fsp3) is 0.211. The molecule has 2 aromatic carbocycles. The van der Waals surface area contributed by atoms with Crippen LogP contribution in [0.25, 0.3) is 0 Å². The van der Waals surface area contributed by atoms with Crippen LogP contribution in [0.2, 0.25) is 10.0 Å². The van der Waals surface area contributed by atoms with Gasteiger partial charge in [0.05, 0.1) is 18.1 Å². The van der Waals surface area contributed by atoms with Gasteiger partial charge in [0.25, 0.3) is 5.91 Å². The topological polar surface area (TPSA) is 70.4 Å². The van der Waals surface area contributed by atoms with Gasteiger partial charge in [-0.05, 0) is 48.9 Å². The molecule has 0 bridgehead atoms. The smallest absolute Gasteiger partial charge is 0.341 e. The number of amides is 1. The molecule has 0 heterocycles. The van der Waals surface area contributed by atoms with Crippen molar-refractivity contribution in [3.8, 4) is 6.07 Å². The first kappa shape index (κ1) is 20.7.